The van der Waals surface area contributed by atoms with Gasteiger partial charge in [-0.25, -0.2) is 0 Å². The van der Waals surface area contributed by atoms with Crippen molar-refractivity contribution in [2.24, 2.45) is 5.73 Å². The van der Waals surface area contributed by atoms with Crippen LogP contribution in [-0.4, -0.2) is 10.1 Å². The molecule has 1 heterocycles. The Morgan fingerprint density at radius 3 is 2.52 bits per heavy atom. The smallest absolute Gasteiger partial charge is 0.264 e. The summed E-state index contributed by atoms with van der Waals surface area (Å²) in [5.41, 5.74) is 8.08. The zero-order valence-electron chi connectivity index (χ0n) is 14.0. The number of para-hydroxylation sites is 1. The number of hydrogen-bond donors (Lipinski definition) is 1. The molecule has 0 amide bonds. The lowest BCUT2D eigenvalue weighted by molar-refractivity contribution is 0.242. The van der Waals surface area contributed by atoms with Crippen LogP contribution in [-0.2, 0) is 12.1 Å². The zero-order chi connectivity index (χ0) is 17.1. The maximum atomic E-state index is 6.38. The van der Waals surface area contributed by atoms with Crippen LogP contribution < -0.4 is 10.5 Å². The predicted molar refractivity (Wildman–Crippen MR) is 94.8 cm³/mol. The van der Waals surface area contributed by atoms with E-state index >= 15 is 0 Å². The minimum atomic E-state index is -0.441. The third-order valence-electron chi connectivity index (χ3n) is 4.73. The van der Waals surface area contributed by atoms with Gasteiger partial charge in [-0.2, -0.15) is 4.98 Å². The molecule has 1 saturated carbocycles. The van der Waals surface area contributed by atoms with Crippen molar-refractivity contribution in [3.63, 3.8) is 0 Å². The highest BCUT2D eigenvalue weighted by molar-refractivity contribution is 5.70. The van der Waals surface area contributed by atoms with E-state index in [1.54, 1.807) is 0 Å². The summed E-state index contributed by atoms with van der Waals surface area (Å²) >= 11 is 0. The van der Waals surface area contributed by atoms with Crippen molar-refractivity contribution in [2.45, 2.75) is 37.8 Å². The van der Waals surface area contributed by atoms with E-state index in [-0.39, 0.29) is 6.61 Å². The standard InChI is InChI=1S/C20H21N3O2/c21-20(12-6-7-13-20)19-22-18(25-23-19)14-24-17-11-5-4-10-16(17)15-8-2-1-3-9-15/h1-5,8-11H,6-7,12-14,21H2. The van der Waals surface area contributed by atoms with Gasteiger partial charge in [0.15, 0.2) is 12.4 Å². The second kappa shape index (κ2) is 6.69. The van der Waals surface area contributed by atoms with Gasteiger partial charge in [0.2, 0.25) is 0 Å². The van der Waals surface area contributed by atoms with Gasteiger partial charge >= 0.3 is 0 Å². The third-order valence-corrected chi connectivity index (χ3v) is 4.73. The molecule has 2 N–H and O–H groups in total. The van der Waals surface area contributed by atoms with Crippen LogP contribution in [0.4, 0.5) is 0 Å². The van der Waals surface area contributed by atoms with Crippen molar-refractivity contribution in [2.75, 3.05) is 0 Å². The second-order valence-electron chi connectivity index (χ2n) is 6.53. The number of nitrogens with zero attached hydrogens (tertiary/aromatic N) is 2. The van der Waals surface area contributed by atoms with E-state index in [0.717, 1.165) is 42.6 Å². The Kier molecular flexibility index (Phi) is 4.24. The molecule has 0 aliphatic heterocycles. The molecule has 2 aromatic carbocycles. The highest BCUT2D eigenvalue weighted by Gasteiger charge is 2.35. The SMILES string of the molecule is NC1(c2noc(COc3ccccc3-c3ccccc3)n2)CCCC1. The van der Waals surface area contributed by atoms with E-state index in [4.69, 9.17) is 15.0 Å². The summed E-state index contributed by atoms with van der Waals surface area (Å²) in [6.45, 7) is 0.229. The second-order valence-corrected chi connectivity index (χ2v) is 6.53. The number of rotatable bonds is 5. The Bertz CT molecular complexity index is 839. The van der Waals surface area contributed by atoms with Gasteiger partial charge in [-0.05, 0) is 24.5 Å². The Labute approximate surface area is 146 Å². The number of ether oxygens (including phenoxy) is 1. The molecule has 5 heteroatoms. The minimum absolute atomic E-state index is 0.229. The molecule has 5 nitrogen and oxygen atoms in total. The minimum Gasteiger partial charge on any atom is -0.483 e. The van der Waals surface area contributed by atoms with E-state index in [9.17, 15) is 0 Å². The average Bonchev–Trinajstić information content (AvgIpc) is 3.31. The molecule has 25 heavy (non-hydrogen) atoms. The molecule has 4 rings (SSSR count). The van der Waals surface area contributed by atoms with Crippen molar-refractivity contribution >= 4 is 0 Å². The molecule has 0 unspecified atom stereocenters. The molecule has 0 atom stereocenters. The van der Waals surface area contributed by atoms with Crippen LogP contribution in [0.1, 0.15) is 37.4 Å². The molecule has 1 aromatic heterocycles. The normalized spacial score (nSPS) is 16.0. The van der Waals surface area contributed by atoms with Gasteiger partial charge in [0, 0.05) is 5.56 Å². The van der Waals surface area contributed by atoms with Crippen LogP contribution in [0.25, 0.3) is 11.1 Å². The van der Waals surface area contributed by atoms with Gasteiger partial charge in [-0.15, -0.1) is 0 Å². The summed E-state index contributed by atoms with van der Waals surface area (Å²) in [6.07, 6.45) is 4.04. The molecule has 128 valence electrons. The van der Waals surface area contributed by atoms with Crippen molar-refractivity contribution in [1.29, 1.82) is 0 Å². The molecular formula is C20H21N3O2. The molecule has 0 spiro atoms. The molecule has 0 bridgehead atoms. The van der Waals surface area contributed by atoms with Crippen molar-refractivity contribution < 1.29 is 9.26 Å². The first kappa shape index (κ1) is 15.8. The molecule has 1 fully saturated rings. The Hall–Kier alpha value is -2.66. The van der Waals surface area contributed by atoms with Gasteiger partial charge in [0.05, 0.1) is 5.54 Å². The molecule has 1 aliphatic carbocycles. The first-order valence-electron chi connectivity index (χ1n) is 8.64. The van der Waals surface area contributed by atoms with Crippen LogP contribution in [0.3, 0.4) is 0 Å². The number of aromatic nitrogens is 2. The fourth-order valence-corrected chi connectivity index (χ4v) is 3.33. The first-order chi connectivity index (χ1) is 12.2. The maximum absolute atomic E-state index is 6.38. The summed E-state index contributed by atoms with van der Waals surface area (Å²) in [7, 11) is 0. The Morgan fingerprint density at radius 2 is 1.72 bits per heavy atom. The zero-order valence-corrected chi connectivity index (χ0v) is 14.0. The van der Waals surface area contributed by atoms with Crippen LogP contribution in [0, 0.1) is 0 Å². The molecule has 1 aliphatic rings. The van der Waals surface area contributed by atoms with Crippen molar-refractivity contribution in [1.82, 2.24) is 10.1 Å². The highest BCUT2D eigenvalue weighted by atomic mass is 16.5. The average molecular weight is 335 g/mol. The quantitative estimate of drug-likeness (QED) is 0.761. The van der Waals surface area contributed by atoms with Crippen molar-refractivity contribution in [3.8, 4) is 16.9 Å². The first-order valence-corrected chi connectivity index (χ1v) is 8.64. The van der Waals surface area contributed by atoms with Crippen LogP contribution in [0.2, 0.25) is 0 Å². The summed E-state index contributed by atoms with van der Waals surface area (Å²) < 4.78 is 11.3. The Balaban J connectivity index is 1.50. The molecule has 0 saturated heterocycles. The van der Waals surface area contributed by atoms with E-state index < -0.39 is 5.54 Å². The largest absolute Gasteiger partial charge is 0.483 e. The van der Waals surface area contributed by atoms with Crippen LogP contribution >= 0.6 is 0 Å². The highest BCUT2D eigenvalue weighted by Crippen LogP contribution is 2.35. The van der Waals surface area contributed by atoms with E-state index in [1.165, 1.54) is 0 Å². The Morgan fingerprint density at radius 1 is 1.00 bits per heavy atom. The number of benzene rings is 2. The lowest BCUT2D eigenvalue weighted by Crippen LogP contribution is -2.34. The van der Waals surface area contributed by atoms with Gasteiger partial charge in [-0.1, -0.05) is 66.5 Å². The van der Waals surface area contributed by atoms with E-state index in [2.05, 4.69) is 22.3 Å². The van der Waals surface area contributed by atoms with Crippen molar-refractivity contribution in [3.05, 3.63) is 66.3 Å². The molecular weight excluding hydrogens is 314 g/mol. The molecule has 0 radical (unpaired) electrons. The number of nitrogens with two attached hydrogens (primary N) is 1. The maximum Gasteiger partial charge on any atom is 0.264 e. The lowest BCUT2D eigenvalue weighted by atomic mass is 9.99. The summed E-state index contributed by atoms with van der Waals surface area (Å²) in [4.78, 5) is 4.45. The molecule has 3 aromatic rings. The van der Waals surface area contributed by atoms with E-state index in [1.807, 2.05) is 42.5 Å². The fourth-order valence-electron chi connectivity index (χ4n) is 3.33. The third kappa shape index (κ3) is 3.28. The fraction of sp³-hybridized carbons (Fsp3) is 0.300. The summed E-state index contributed by atoms with van der Waals surface area (Å²) in [6, 6.07) is 18.1. The number of hydrogen-bond acceptors (Lipinski definition) is 5. The summed E-state index contributed by atoms with van der Waals surface area (Å²) in [5, 5.41) is 4.07. The van der Waals surface area contributed by atoms with Gasteiger partial charge in [0.25, 0.3) is 5.89 Å². The topological polar surface area (TPSA) is 74.2 Å². The van der Waals surface area contributed by atoms with E-state index in [0.29, 0.717) is 11.7 Å². The van der Waals surface area contributed by atoms with Crippen LogP contribution in [0.15, 0.2) is 59.1 Å². The predicted octanol–water partition coefficient (Wildman–Crippen LogP) is 4.04. The van der Waals surface area contributed by atoms with Gasteiger partial charge < -0.3 is 15.0 Å². The van der Waals surface area contributed by atoms with Crippen LogP contribution in [0.5, 0.6) is 5.75 Å². The monoisotopic (exact) mass is 335 g/mol. The van der Waals surface area contributed by atoms with Gasteiger partial charge in [-0.3, -0.25) is 0 Å². The van der Waals surface area contributed by atoms with Gasteiger partial charge in [0.1, 0.15) is 5.75 Å². The lowest BCUT2D eigenvalue weighted by Gasteiger charge is -2.17. The summed E-state index contributed by atoms with van der Waals surface area (Å²) in [5.74, 6) is 1.84.